The van der Waals surface area contributed by atoms with Crippen LogP contribution in [0.1, 0.15) is 27.2 Å². The fourth-order valence-electron chi connectivity index (χ4n) is 3.39. The topological polar surface area (TPSA) is 54.9 Å². The van der Waals surface area contributed by atoms with Crippen molar-refractivity contribution in [3.8, 4) is 5.75 Å². The molecule has 0 aliphatic carbocycles. The Kier molecular flexibility index (Phi) is 5.51. The molecule has 1 aliphatic heterocycles. The van der Waals surface area contributed by atoms with Gasteiger partial charge in [-0.25, -0.2) is 4.79 Å². The number of carbonyl (C=O) groups excluding carboxylic acids is 1. The van der Waals surface area contributed by atoms with Crippen molar-refractivity contribution < 1.29 is 27.4 Å². The van der Waals surface area contributed by atoms with Crippen LogP contribution in [0.25, 0.3) is 10.9 Å². The lowest BCUT2D eigenvalue weighted by Crippen LogP contribution is -2.39. The lowest BCUT2D eigenvalue weighted by Gasteiger charge is -2.29. The molecule has 1 unspecified atom stereocenters. The Morgan fingerprint density at radius 1 is 1.24 bits per heavy atom. The van der Waals surface area contributed by atoms with Gasteiger partial charge in [-0.3, -0.25) is 4.98 Å². The quantitative estimate of drug-likeness (QED) is 0.740. The van der Waals surface area contributed by atoms with E-state index in [1.807, 2.05) is 32.7 Å². The molecule has 3 rings (SSSR count). The van der Waals surface area contributed by atoms with Crippen LogP contribution in [0.3, 0.4) is 0 Å². The zero-order chi connectivity index (χ0) is 21.4. The standard InChI is InChI=1S/C20H24F3N3O3/c1-19(2,3)29-18(27)26-11-9-13(12-26)25(4)15-7-8-16(28-20(21,22)23)17-14(15)6-5-10-24-17/h5-8,10,13H,9,11-12H2,1-4H3. The van der Waals surface area contributed by atoms with Gasteiger partial charge in [-0.15, -0.1) is 13.2 Å². The van der Waals surface area contributed by atoms with Gasteiger partial charge in [0.15, 0.2) is 5.75 Å². The number of aromatic nitrogens is 1. The van der Waals surface area contributed by atoms with E-state index in [1.165, 1.54) is 12.3 Å². The number of ether oxygens (including phenoxy) is 2. The average Bonchev–Trinajstić information content (AvgIpc) is 3.09. The van der Waals surface area contributed by atoms with Gasteiger partial charge in [0, 0.05) is 43.4 Å². The van der Waals surface area contributed by atoms with Crippen LogP contribution in [0.4, 0.5) is 23.7 Å². The summed E-state index contributed by atoms with van der Waals surface area (Å²) in [6.45, 7) is 6.46. The fraction of sp³-hybridized carbons (Fsp3) is 0.500. The van der Waals surface area contributed by atoms with E-state index in [2.05, 4.69) is 9.72 Å². The highest BCUT2D eigenvalue weighted by atomic mass is 19.4. The minimum atomic E-state index is -4.79. The van der Waals surface area contributed by atoms with Crippen LogP contribution in [-0.2, 0) is 4.74 Å². The Morgan fingerprint density at radius 3 is 2.62 bits per heavy atom. The van der Waals surface area contributed by atoms with E-state index < -0.39 is 12.0 Å². The Balaban J connectivity index is 1.82. The van der Waals surface area contributed by atoms with Crippen LogP contribution in [0, 0.1) is 0 Å². The summed E-state index contributed by atoms with van der Waals surface area (Å²) in [7, 11) is 1.86. The molecular weight excluding hydrogens is 387 g/mol. The molecular formula is C20H24F3N3O3. The zero-order valence-corrected chi connectivity index (χ0v) is 16.8. The van der Waals surface area contributed by atoms with Crippen molar-refractivity contribution in [2.75, 3.05) is 25.0 Å². The van der Waals surface area contributed by atoms with E-state index in [0.29, 0.717) is 18.5 Å². The van der Waals surface area contributed by atoms with Crippen molar-refractivity contribution in [3.63, 3.8) is 0 Å². The molecule has 2 aromatic rings. The van der Waals surface area contributed by atoms with Crippen molar-refractivity contribution in [1.29, 1.82) is 0 Å². The summed E-state index contributed by atoms with van der Waals surface area (Å²) in [5.74, 6) is -0.341. The van der Waals surface area contributed by atoms with Crippen LogP contribution in [0.15, 0.2) is 30.5 Å². The van der Waals surface area contributed by atoms with E-state index in [4.69, 9.17) is 4.74 Å². The number of hydrogen-bond donors (Lipinski definition) is 0. The minimum Gasteiger partial charge on any atom is -0.444 e. The highest BCUT2D eigenvalue weighted by molar-refractivity contribution is 5.95. The third-order valence-electron chi connectivity index (χ3n) is 4.68. The summed E-state index contributed by atoms with van der Waals surface area (Å²) in [5, 5.41) is 0.549. The van der Waals surface area contributed by atoms with Crippen LogP contribution >= 0.6 is 0 Å². The van der Waals surface area contributed by atoms with Gasteiger partial charge in [-0.1, -0.05) is 0 Å². The number of rotatable bonds is 3. The Labute approximate surface area is 167 Å². The van der Waals surface area contributed by atoms with E-state index >= 15 is 0 Å². The Morgan fingerprint density at radius 2 is 1.97 bits per heavy atom. The normalized spacial score (nSPS) is 17.5. The number of nitrogens with zero attached hydrogens (tertiary/aromatic N) is 3. The van der Waals surface area contributed by atoms with Crippen LogP contribution in [-0.4, -0.2) is 54.1 Å². The second-order valence-electron chi connectivity index (χ2n) is 8.01. The maximum atomic E-state index is 12.7. The van der Waals surface area contributed by atoms with Gasteiger partial charge in [0.2, 0.25) is 0 Å². The molecule has 0 radical (unpaired) electrons. The maximum absolute atomic E-state index is 12.7. The number of hydrogen-bond acceptors (Lipinski definition) is 5. The summed E-state index contributed by atoms with van der Waals surface area (Å²) in [6, 6.07) is 6.23. The molecule has 1 aromatic heterocycles. The van der Waals surface area contributed by atoms with Crippen LogP contribution in [0.2, 0.25) is 0 Å². The van der Waals surface area contributed by atoms with Gasteiger partial charge in [0.25, 0.3) is 0 Å². The first-order valence-corrected chi connectivity index (χ1v) is 9.29. The van der Waals surface area contributed by atoms with Crippen molar-refractivity contribution in [3.05, 3.63) is 30.5 Å². The summed E-state index contributed by atoms with van der Waals surface area (Å²) < 4.78 is 47.6. The number of amides is 1. The first kappa shape index (κ1) is 21.0. The SMILES string of the molecule is CN(c1ccc(OC(F)(F)F)c2ncccc12)C1CCN(C(=O)OC(C)(C)C)C1. The third-order valence-corrected chi connectivity index (χ3v) is 4.68. The zero-order valence-electron chi connectivity index (χ0n) is 16.8. The van der Waals surface area contributed by atoms with Gasteiger partial charge < -0.3 is 19.3 Å². The van der Waals surface area contributed by atoms with Crippen molar-refractivity contribution >= 4 is 22.7 Å². The minimum absolute atomic E-state index is 0.000286. The van der Waals surface area contributed by atoms with E-state index in [-0.39, 0.29) is 23.4 Å². The molecule has 1 saturated heterocycles. The largest absolute Gasteiger partial charge is 0.573 e. The molecule has 0 spiro atoms. The highest BCUT2D eigenvalue weighted by Gasteiger charge is 2.34. The second kappa shape index (κ2) is 7.61. The average molecular weight is 411 g/mol. The van der Waals surface area contributed by atoms with Crippen molar-refractivity contribution in [1.82, 2.24) is 9.88 Å². The molecule has 1 fully saturated rings. The highest BCUT2D eigenvalue weighted by Crippen LogP contribution is 2.36. The van der Waals surface area contributed by atoms with Gasteiger partial charge in [-0.05, 0) is 51.5 Å². The summed E-state index contributed by atoms with van der Waals surface area (Å²) >= 11 is 0. The molecule has 0 N–H and O–H groups in total. The molecule has 6 nitrogen and oxygen atoms in total. The number of benzene rings is 1. The van der Waals surface area contributed by atoms with Gasteiger partial charge >= 0.3 is 12.5 Å². The predicted molar refractivity (Wildman–Crippen MR) is 103 cm³/mol. The molecule has 29 heavy (non-hydrogen) atoms. The molecule has 1 aliphatic rings. The Bertz CT molecular complexity index is 896. The molecule has 2 heterocycles. The van der Waals surface area contributed by atoms with Crippen molar-refractivity contribution in [2.24, 2.45) is 0 Å². The first-order valence-electron chi connectivity index (χ1n) is 9.29. The predicted octanol–water partition coefficient (Wildman–Crippen LogP) is 4.58. The van der Waals surface area contributed by atoms with E-state index in [0.717, 1.165) is 12.1 Å². The smallest absolute Gasteiger partial charge is 0.444 e. The van der Waals surface area contributed by atoms with E-state index in [1.54, 1.807) is 23.1 Å². The number of likely N-dealkylation sites (N-methyl/N-ethyl adjacent to an activating group) is 1. The van der Waals surface area contributed by atoms with Crippen LogP contribution < -0.4 is 9.64 Å². The number of likely N-dealkylation sites (tertiary alicyclic amines) is 1. The fourth-order valence-corrected chi connectivity index (χ4v) is 3.39. The van der Waals surface area contributed by atoms with E-state index in [9.17, 15) is 18.0 Å². The van der Waals surface area contributed by atoms with Gasteiger partial charge in [-0.2, -0.15) is 0 Å². The number of anilines is 1. The lowest BCUT2D eigenvalue weighted by atomic mass is 10.1. The number of carbonyl (C=O) groups is 1. The number of fused-ring (bicyclic) bond motifs is 1. The maximum Gasteiger partial charge on any atom is 0.573 e. The molecule has 1 atom stereocenters. The second-order valence-corrected chi connectivity index (χ2v) is 8.01. The molecule has 1 aromatic carbocycles. The Hall–Kier alpha value is -2.71. The summed E-state index contributed by atoms with van der Waals surface area (Å²) in [4.78, 5) is 20.0. The van der Waals surface area contributed by atoms with Gasteiger partial charge in [0.05, 0.1) is 0 Å². The van der Waals surface area contributed by atoms with Crippen molar-refractivity contribution in [2.45, 2.75) is 45.2 Å². The molecule has 9 heteroatoms. The molecule has 1 amide bonds. The first-order chi connectivity index (χ1) is 13.4. The number of alkyl halides is 3. The third kappa shape index (κ3) is 5.02. The number of pyridine rings is 1. The number of halogens is 3. The van der Waals surface area contributed by atoms with Crippen LogP contribution in [0.5, 0.6) is 5.75 Å². The molecule has 0 bridgehead atoms. The summed E-state index contributed by atoms with van der Waals surface area (Å²) in [6.07, 6.45) is -3.01. The molecule has 158 valence electrons. The molecule has 0 saturated carbocycles. The summed E-state index contributed by atoms with van der Waals surface area (Å²) in [5.41, 5.74) is 0.284. The lowest BCUT2D eigenvalue weighted by molar-refractivity contribution is -0.274. The monoisotopic (exact) mass is 411 g/mol. The van der Waals surface area contributed by atoms with Gasteiger partial charge in [0.1, 0.15) is 11.1 Å².